The van der Waals surface area contributed by atoms with Crippen molar-refractivity contribution in [2.45, 2.75) is 5.60 Å². The molecule has 110 valence electrons. The molecule has 4 heteroatoms. The first-order valence-corrected chi connectivity index (χ1v) is 7.16. The summed E-state index contributed by atoms with van der Waals surface area (Å²) in [7, 11) is 0. The Morgan fingerprint density at radius 3 is 2.64 bits per heavy atom. The molecule has 0 N–H and O–H groups in total. The van der Waals surface area contributed by atoms with Crippen LogP contribution in [0.5, 0.6) is 5.75 Å². The Kier molecular flexibility index (Phi) is 3.89. The molecule has 1 unspecified atom stereocenters. The normalized spacial score (nSPS) is 19.3. The van der Waals surface area contributed by atoms with Gasteiger partial charge < -0.3 is 9.47 Å². The quantitative estimate of drug-likeness (QED) is 0.482. The lowest BCUT2D eigenvalue weighted by Crippen LogP contribution is -2.23. The number of epoxide rings is 1. The molecule has 1 aliphatic heterocycles. The molecule has 1 aliphatic rings. The van der Waals surface area contributed by atoms with Crippen molar-refractivity contribution >= 4 is 17.4 Å². The molecule has 0 spiro atoms. The smallest absolute Gasteiger partial charge is 0.205 e. The maximum Gasteiger partial charge on any atom is 0.205 e. The van der Waals surface area contributed by atoms with E-state index in [1.807, 2.05) is 12.1 Å². The van der Waals surface area contributed by atoms with Gasteiger partial charge in [-0.2, -0.15) is 0 Å². The van der Waals surface area contributed by atoms with Gasteiger partial charge >= 0.3 is 0 Å². The molecule has 2 aromatic rings. The van der Waals surface area contributed by atoms with E-state index in [4.69, 9.17) is 27.5 Å². The molecule has 0 amide bonds. The lowest BCUT2D eigenvalue weighted by Gasteiger charge is -2.15. The summed E-state index contributed by atoms with van der Waals surface area (Å²) in [6, 6.07) is 14.2. The number of halogens is 1. The van der Waals surface area contributed by atoms with Crippen LogP contribution >= 0.6 is 11.6 Å². The van der Waals surface area contributed by atoms with Crippen LogP contribution in [0.1, 0.15) is 15.9 Å². The van der Waals surface area contributed by atoms with E-state index in [2.05, 4.69) is 5.92 Å². The highest BCUT2D eigenvalue weighted by atomic mass is 35.5. The summed E-state index contributed by atoms with van der Waals surface area (Å²) in [5, 5.41) is 0.510. The van der Waals surface area contributed by atoms with Crippen LogP contribution in [0.2, 0.25) is 5.02 Å². The monoisotopic (exact) mass is 312 g/mol. The van der Waals surface area contributed by atoms with Gasteiger partial charge in [-0.05, 0) is 18.2 Å². The molecular formula is C18H13ClO3. The minimum atomic E-state index is -1.02. The van der Waals surface area contributed by atoms with E-state index < -0.39 is 5.60 Å². The van der Waals surface area contributed by atoms with Crippen LogP contribution in [0.3, 0.4) is 0 Å². The Balaban J connectivity index is 1.99. The van der Waals surface area contributed by atoms with Crippen LogP contribution in [-0.2, 0) is 10.3 Å². The van der Waals surface area contributed by atoms with Crippen LogP contribution in [0, 0.1) is 12.3 Å². The zero-order chi connectivity index (χ0) is 15.6. The molecule has 0 radical (unpaired) electrons. The first kappa shape index (κ1) is 14.6. The van der Waals surface area contributed by atoms with E-state index in [0.717, 1.165) is 0 Å². The molecule has 2 aromatic carbocycles. The Hall–Kier alpha value is -2.28. The number of hydrogen-bond donors (Lipinski definition) is 0. The largest absolute Gasteiger partial charge is 0.480 e. The average Bonchev–Trinajstić information content (AvgIpc) is 3.34. The number of carbonyl (C=O) groups excluding carboxylic acids is 1. The molecule has 0 saturated carbocycles. The second-order valence-electron chi connectivity index (χ2n) is 4.91. The van der Waals surface area contributed by atoms with Gasteiger partial charge in [0.05, 0.1) is 12.2 Å². The van der Waals surface area contributed by atoms with Gasteiger partial charge in [0.1, 0.15) is 12.4 Å². The standard InChI is InChI=1S/C18H13ClO3/c1-2-11-21-16-10-6-3-7-13(16)17(20)18(12-22-18)14-8-4-5-9-15(14)19/h1,3-10H,11-12H2. The van der Waals surface area contributed by atoms with Gasteiger partial charge in [-0.25, -0.2) is 0 Å². The van der Waals surface area contributed by atoms with E-state index in [1.54, 1.807) is 36.4 Å². The molecule has 3 nitrogen and oxygen atoms in total. The van der Waals surface area contributed by atoms with Crippen molar-refractivity contribution in [3.05, 3.63) is 64.7 Å². The van der Waals surface area contributed by atoms with Gasteiger partial charge in [0, 0.05) is 10.6 Å². The third-order valence-corrected chi connectivity index (χ3v) is 3.88. The molecule has 1 fully saturated rings. The number of benzene rings is 2. The third-order valence-electron chi connectivity index (χ3n) is 3.55. The summed E-state index contributed by atoms with van der Waals surface area (Å²) in [4.78, 5) is 13.0. The fourth-order valence-corrected chi connectivity index (χ4v) is 2.68. The molecule has 1 saturated heterocycles. The number of rotatable bonds is 5. The highest BCUT2D eigenvalue weighted by Crippen LogP contribution is 2.45. The van der Waals surface area contributed by atoms with Crippen molar-refractivity contribution in [1.82, 2.24) is 0 Å². The summed E-state index contributed by atoms with van der Waals surface area (Å²) in [6.45, 7) is 0.406. The SMILES string of the molecule is C#CCOc1ccccc1C(=O)C1(c2ccccc2Cl)CO1. The molecule has 1 heterocycles. The topological polar surface area (TPSA) is 38.8 Å². The predicted octanol–water partition coefficient (Wildman–Crippen LogP) is 3.46. The van der Waals surface area contributed by atoms with Crippen molar-refractivity contribution < 1.29 is 14.3 Å². The van der Waals surface area contributed by atoms with Crippen LogP contribution in [0.15, 0.2) is 48.5 Å². The summed E-state index contributed by atoms with van der Waals surface area (Å²) in [5.41, 5.74) is 0.0945. The zero-order valence-corrected chi connectivity index (χ0v) is 12.5. The number of hydrogen-bond acceptors (Lipinski definition) is 3. The first-order chi connectivity index (χ1) is 10.7. The lowest BCUT2D eigenvalue weighted by molar-refractivity contribution is 0.0867. The number of ether oxygens (including phenoxy) is 2. The van der Waals surface area contributed by atoms with Crippen molar-refractivity contribution in [2.75, 3.05) is 13.2 Å². The maximum absolute atomic E-state index is 13.0. The number of ketones is 1. The molecule has 0 aromatic heterocycles. The molecule has 1 atom stereocenters. The Labute approximate surface area is 133 Å². The average molecular weight is 313 g/mol. The van der Waals surface area contributed by atoms with E-state index in [0.29, 0.717) is 28.5 Å². The lowest BCUT2D eigenvalue weighted by atomic mass is 9.90. The van der Waals surface area contributed by atoms with Gasteiger partial charge in [-0.1, -0.05) is 47.9 Å². The fourth-order valence-electron chi connectivity index (χ4n) is 2.39. The van der Waals surface area contributed by atoms with Gasteiger partial charge in [0.25, 0.3) is 0 Å². The number of carbonyl (C=O) groups is 1. The molecule has 3 rings (SSSR count). The summed E-state index contributed by atoms with van der Waals surface area (Å²) in [5.74, 6) is 2.67. The van der Waals surface area contributed by atoms with Crippen molar-refractivity contribution in [3.8, 4) is 18.1 Å². The summed E-state index contributed by atoms with van der Waals surface area (Å²) < 4.78 is 11.0. The summed E-state index contributed by atoms with van der Waals surface area (Å²) >= 11 is 6.21. The van der Waals surface area contributed by atoms with Gasteiger partial charge in [0.2, 0.25) is 5.78 Å². The van der Waals surface area contributed by atoms with Crippen LogP contribution in [0.25, 0.3) is 0 Å². The van der Waals surface area contributed by atoms with Crippen molar-refractivity contribution in [1.29, 1.82) is 0 Å². The molecule has 22 heavy (non-hydrogen) atoms. The Bertz CT molecular complexity index is 757. The number of Topliss-reactive ketones (excluding diaryl/α,β-unsaturated/α-hetero) is 1. The molecule has 0 aliphatic carbocycles. The van der Waals surface area contributed by atoms with Crippen LogP contribution < -0.4 is 4.74 Å². The summed E-state index contributed by atoms with van der Waals surface area (Å²) in [6.07, 6.45) is 5.21. The number of para-hydroxylation sites is 1. The van der Waals surface area contributed by atoms with E-state index in [-0.39, 0.29) is 12.4 Å². The van der Waals surface area contributed by atoms with E-state index in [1.165, 1.54) is 0 Å². The van der Waals surface area contributed by atoms with Crippen molar-refractivity contribution in [2.24, 2.45) is 0 Å². The van der Waals surface area contributed by atoms with Gasteiger partial charge in [0.15, 0.2) is 5.60 Å². The molecular weight excluding hydrogens is 300 g/mol. The van der Waals surface area contributed by atoms with E-state index >= 15 is 0 Å². The molecule has 0 bridgehead atoms. The van der Waals surface area contributed by atoms with E-state index in [9.17, 15) is 4.79 Å². The minimum absolute atomic E-state index is 0.101. The second kappa shape index (κ2) is 5.84. The fraction of sp³-hybridized carbons (Fsp3) is 0.167. The first-order valence-electron chi connectivity index (χ1n) is 6.78. The predicted molar refractivity (Wildman–Crippen MR) is 84.2 cm³/mol. The van der Waals surface area contributed by atoms with Crippen LogP contribution in [-0.4, -0.2) is 19.0 Å². The second-order valence-corrected chi connectivity index (χ2v) is 5.32. The highest BCUT2D eigenvalue weighted by molar-refractivity contribution is 6.32. The van der Waals surface area contributed by atoms with Crippen molar-refractivity contribution in [3.63, 3.8) is 0 Å². The highest BCUT2D eigenvalue weighted by Gasteiger charge is 2.55. The Morgan fingerprint density at radius 2 is 1.95 bits per heavy atom. The van der Waals surface area contributed by atoms with Gasteiger partial charge in [-0.15, -0.1) is 6.42 Å². The van der Waals surface area contributed by atoms with Crippen LogP contribution in [0.4, 0.5) is 0 Å². The zero-order valence-electron chi connectivity index (χ0n) is 11.7. The van der Waals surface area contributed by atoms with Gasteiger partial charge in [-0.3, -0.25) is 4.79 Å². The Morgan fingerprint density at radius 1 is 1.27 bits per heavy atom. The maximum atomic E-state index is 13.0. The number of terminal acetylenes is 1. The minimum Gasteiger partial charge on any atom is -0.480 e. The third kappa shape index (κ3) is 2.48.